The number of anilines is 3. The minimum absolute atomic E-state index is 0.0583. The summed E-state index contributed by atoms with van der Waals surface area (Å²) in [5.74, 6) is -0.327. The van der Waals surface area contributed by atoms with Gasteiger partial charge in [0.1, 0.15) is 5.82 Å². The van der Waals surface area contributed by atoms with E-state index in [0.29, 0.717) is 11.3 Å². The third-order valence-electron chi connectivity index (χ3n) is 7.44. The lowest BCUT2D eigenvalue weighted by Gasteiger charge is -2.37. The Balaban J connectivity index is 1.37. The van der Waals surface area contributed by atoms with Crippen molar-refractivity contribution in [2.24, 2.45) is 0 Å². The molecule has 1 aliphatic heterocycles. The summed E-state index contributed by atoms with van der Waals surface area (Å²) in [7, 11) is 1.33. The number of aromatic nitrogens is 2. The van der Waals surface area contributed by atoms with E-state index in [1.54, 1.807) is 24.5 Å². The molecule has 2 aromatic heterocycles. The maximum atomic E-state index is 13.2. The minimum atomic E-state index is -0.980. The van der Waals surface area contributed by atoms with Gasteiger partial charge in [0, 0.05) is 57.9 Å². The molecule has 44 heavy (non-hydrogen) atoms. The second kappa shape index (κ2) is 14.1. The highest BCUT2D eigenvalue weighted by Crippen LogP contribution is 2.33. The number of hydrogen-bond acceptors (Lipinski definition) is 8. The number of piperazine rings is 1. The summed E-state index contributed by atoms with van der Waals surface area (Å²) in [5, 5.41) is 12.1. The van der Waals surface area contributed by atoms with Crippen molar-refractivity contribution in [2.75, 3.05) is 55.0 Å². The second-order valence-corrected chi connectivity index (χ2v) is 10.3. The predicted molar refractivity (Wildman–Crippen MR) is 168 cm³/mol. The smallest absolute Gasteiger partial charge is 0.411 e. The van der Waals surface area contributed by atoms with E-state index < -0.39 is 12.1 Å². The van der Waals surface area contributed by atoms with E-state index in [9.17, 15) is 19.5 Å². The minimum Gasteiger partial charge on any atom is -0.481 e. The third-order valence-corrected chi connectivity index (χ3v) is 7.44. The van der Waals surface area contributed by atoms with Crippen molar-refractivity contribution in [3.05, 3.63) is 103 Å². The zero-order valence-electron chi connectivity index (χ0n) is 24.4. The fourth-order valence-corrected chi connectivity index (χ4v) is 5.19. The van der Waals surface area contributed by atoms with Crippen LogP contribution in [0.15, 0.2) is 91.4 Å². The van der Waals surface area contributed by atoms with E-state index in [-0.39, 0.29) is 25.4 Å². The lowest BCUT2D eigenvalue weighted by Crippen LogP contribution is -2.47. The zero-order chi connectivity index (χ0) is 30.9. The van der Waals surface area contributed by atoms with Crippen molar-refractivity contribution in [1.82, 2.24) is 14.9 Å². The van der Waals surface area contributed by atoms with Crippen molar-refractivity contribution in [3.8, 4) is 11.1 Å². The first-order valence-electron chi connectivity index (χ1n) is 14.3. The molecule has 226 valence electrons. The molecular weight excluding hydrogens is 560 g/mol. The molecule has 0 spiro atoms. The van der Waals surface area contributed by atoms with Crippen LogP contribution < -0.4 is 15.1 Å². The molecular formula is C33H34N6O5. The number of hydrogen-bond donors (Lipinski definition) is 2. The summed E-state index contributed by atoms with van der Waals surface area (Å²) in [6.07, 6.45) is 4.11. The predicted octanol–water partition coefficient (Wildman–Crippen LogP) is 4.77. The molecule has 2 N–H and O–H groups in total. The van der Waals surface area contributed by atoms with Gasteiger partial charge in [0.25, 0.3) is 5.91 Å². The Kier molecular flexibility index (Phi) is 9.65. The molecule has 11 nitrogen and oxygen atoms in total. The van der Waals surface area contributed by atoms with E-state index >= 15 is 0 Å². The molecule has 0 radical (unpaired) electrons. The molecule has 1 fully saturated rings. The summed E-state index contributed by atoms with van der Waals surface area (Å²) in [6.45, 7) is 3.35. The number of ether oxygens (including phenoxy) is 1. The van der Waals surface area contributed by atoms with Crippen LogP contribution >= 0.6 is 0 Å². The highest BCUT2D eigenvalue weighted by Gasteiger charge is 2.22. The number of carbonyl (C=O) groups excluding carboxylic acids is 2. The van der Waals surface area contributed by atoms with Crippen molar-refractivity contribution in [1.29, 1.82) is 0 Å². The third kappa shape index (κ3) is 7.49. The number of aliphatic carboxylic acids is 1. The van der Waals surface area contributed by atoms with Crippen molar-refractivity contribution >= 4 is 35.2 Å². The van der Waals surface area contributed by atoms with Crippen LogP contribution in [0.3, 0.4) is 0 Å². The molecule has 0 aliphatic carbocycles. The van der Waals surface area contributed by atoms with Gasteiger partial charge in [0.2, 0.25) is 0 Å². The lowest BCUT2D eigenvalue weighted by atomic mass is 10.0. The van der Waals surface area contributed by atoms with E-state index in [4.69, 9.17) is 4.74 Å². The van der Waals surface area contributed by atoms with E-state index in [1.165, 1.54) is 18.2 Å². The van der Waals surface area contributed by atoms with Crippen LogP contribution in [0.2, 0.25) is 0 Å². The number of amides is 2. The van der Waals surface area contributed by atoms with Gasteiger partial charge in [-0.2, -0.15) is 0 Å². The fraction of sp³-hybridized carbons (Fsp3) is 0.242. The molecule has 0 atom stereocenters. The maximum absolute atomic E-state index is 13.2. The number of pyridine rings is 2. The van der Waals surface area contributed by atoms with E-state index in [1.807, 2.05) is 60.7 Å². The molecule has 11 heteroatoms. The Bertz CT molecular complexity index is 1590. The van der Waals surface area contributed by atoms with Crippen LogP contribution in [0.5, 0.6) is 0 Å². The number of carbonyl (C=O) groups is 3. The number of carboxylic acid groups (broad SMARTS) is 1. The molecule has 1 aliphatic rings. The van der Waals surface area contributed by atoms with Gasteiger partial charge in [0.15, 0.2) is 0 Å². The van der Waals surface area contributed by atoms with Crippen molar-refractivity contribution in [2.45, 2.75) is 13.0 Å². The summed E-state index contributed by atoms with van der Waals surface area (Å²) in [4.78, 5) is 51.3. The normalized spacial score (nSPS) is 12.8. The van der Waals surface area contributed by atoms with Gasteiger partial charge in [-0.25, -0.2) is 9.78 Å². The lowest BCUT2D eigenvalue weighted by molar-refractivity contribution is -0.137. The average molecular weight is 595 g/mol. The standard InChI is InChI=1S/C33H34N6O5/c1-44-33(43)36-28-21-26(10-11-29(28)37-16-18-38(19-17-37)30-9-2-3-14-35-30)25-7-4-6-24(20-25)23-39(15-12-31(40)41)32(42)27-8-5-13-34-22-27/h2-11,13-14,20-22H,12,15-19,23H2,1H3,(H,36,43)(H,40,41). The number of nitrogens with one attached hydrogen (secondary N) is 1. The highest BCUT2D eigenvalue weighted by atomic mass is 16.5. The van der Waals surface area contributed by atoms with Crippen LogP contribution in [-0.2, 0) is 16.1 Å². The van der Waals surface area contributed by atoms with Crippen LogP contribution in [0, 0.1) is 0 Å². The zero-order valence-corrected chi connectivity index (χ0v) is 24.4. The van der Waals surface area contributed by atoms with Gasteiger partial charge in [0.05, 0.1) is 30.5 Å². The molecule has 4 aromatic rings. The van der Waals surface area contributed by atoms with E-state index in [0.717, 1.165) is 54.4 Å². The number of rotatable bonds is 10. The first-order valence-corrected chi connectivity index (χ1v) is 14.3. The molecule has 3 heterocycles. The number of benzene rings is 2. The van der Waals surface area contributed by atoms with Gasteiger partial charge in [-0.15, -0.1) is 0 Å². The van der Waals surface area contributed by atoms with Gasteiger partial charge >= 0.3 is 12.1 Å². The summed E-state index contributed by atoms with van der Waals surface area (Å²) < 4.78 is 4.91. The van der Waals surface area contributed by atoms with Gasteiger partial charge in [-0.3, -0.25) is 19.9 Å². The molecule has 0 bridgehead atoms. The Morgan fingerprint density at radius 1 is 0.909 bits per heavy atom. The van der Waals surface area contributed by atoms with Crippen molar-refractivity contribution in [3.63, 3.8) is 0 Å². The largest absolute Gasteiger partial charge is 0.481 e. The number of carboxylic acids is 1. The molecule has 5 rings (SSSR count). The molecule has 0 unspecified atom stereocenters. The summed E-state index contributed by atoms with van der Waals surface area (Å²) in [6, 6.07) is 22.9. The van der Waals surface area contributed by atoms with Crippen LogP contribution in [0.4, 0.5) is 22.0 Å². The SMILES string of the molecule is COC(=O)Nc1cc(-c2cccc(CN(CCC(=O)O)C(=O)c3cccnc3)c2)ccc1N1CCN(c2ccccn2)CC1. The first kappa shape index (κ1) is 30.0. The topological polar surface area (TPSA) is 128 Å². The molecule has 0 saturated carbocycles. The summed E-state index contributed by atoms with van der Waals surface area (Å²) in [5.41, 5.74) is 4.49. The Morgan fingerprint density at radius 3 is 2.41 bits per heavy atom. The average Bonchev–Trinajstić information content (AvgIpc) is 3.07. The van der Waals surface area contributed by atoms with Crippen LogP contribution in [-0.4, -0.2) is 77.8 Å². The van der Waals surface area contributed by atoms with Crippen LogP contribution in [0.25, 0.3) is 11.1 Å². The van der Waals surface area contributed by atoms with Gasteiger partial charge in [-0.1, -0.05) is 30.3 Å². The Morgan fingerprint density at radius 2 is 1.70 bits per heavy atom. The molecule has 2 amide bonds. The number of methoxy groups -OCH3 is 1. The quantitative estimate of drug-likeness (QED) is 0.267. The highest BCUT2D eigenvalue weighted by molar-refractivity contribution is 5.94. The monoisotopic (exact) mass is 594 g/mol. The second-order valence-electron chi connectivity index (χ2n) is 10.3. The Labute approximate surface area is 255 Å². The number of nitrogens with zero attached hydrogens (tertiary/aromatic N) is 5. The fourth-order valence-electron chi connectivity index (χ4n) is 5.19. The first-order chi connectivity index (χ1) is 21.4. The van der Waals surface area contributed by atoms with Gasteiger partial charge in [-0.05, 0) is 59.2 Å². The van der Waals surface area contributed by atoms with Crippen molar-refractivity contribution < 1.29 is 24.2 Å². The Hall–Kier alpha value is -5.45. The molecule has 1 saturated heterocycles. The van der Waals surface area contributed by atoms with Crippen LogP contribution in [0.1, 0.15) is 22.3 Å². The maximum Gasteiger partial charge on any atom is 0.411 e. The van der Waals surface area contributed by atoms with Gasteiger partial charge < -0.3 is 24.5 Å². The molecule has 2 aromatic carbocycles. The van der Waals surface area contributed by atoms with E-state index in [2.05, 4.69) is 25.1 Å². The summed E-state index contributed by atoms with van der Waals surface area (Å²) >= 11 is 0.